The lowest BCUT2D eigenvalue weighted by atomic mass is 10.0. The fraction of sp³-hybridized carbons (Fsp3) is 0.471. The number of nitrogens with one attached hydrogen (secondary N) is 1. The van der Waals surface area contributed by atoms with Crippen LogP contribution < -0.4 is 11.1 Å². The monoisotopic (exact) mass is 414 g/mol. The SMILES string of the molecule is Clc1cccc(Cl)c1C1CC1.NC(=O)Nc1nnc(C2CCOCC2)s1. The van der Waals surface area contributed by atoms with Crippen molar-refractivity contribution in [2.45, 2.75) is 37.5 Å². The molecule has 1 aliphatic carbocycles. The summed E-state index contributed by atoms with van der Waals surface area (Å²) < 4.78 is 5.26. The number of halogens is 2. The third-order valence-corrected chi connectivity index (χ3v) is 5.89. The van der Waals surface area contributed by atoms with E-state index in [2.05, 4.69) is 15.5 Å². The summed E-state index contributed by atoms with van der Waals surface area (Å²) in [6, 6.07) is 5.09. The van der Waals surface area contributed by atoms with E-state index in [9.17, 15) is 4.79 Å². The van der Waals surface area contributed by atoms with Crippen LogP contribution in [0.2, 0.25) is 10.0 Å². The summed E-state index contributed by atoms with van der Waals surface area (Å²) in [5, 5.41) is 13.3. The fourth-order valence-electron chi connectivity index (χ4n) is 2.77. The van der Waals surface area contributed by atoms with Gasteiger partial charge in [-0.3, -0.25) is 5.32 Å². The van der Waals surface area contributed by atoms with Crippen molar-refractivity contribution in [3.8, 4) is 0 Å². The van der Waals surface area contributed by atoms with Gasteiger partial charge < -0.3 is 10.5 Å². The van der Waals surface area contributed by atoms with E-state index in [4.69, 9.17) is 33.7 Å². The van der Waals surface area contributed by atoms with Gasteiger partial charge in [-0.05, 0) is 49.3 Å². The maximum absolute atomic E-state index is 10.6. The van der Waals surface area contributed by atoms with Crippen molar-refractivity contribution in [1.29, 1.82) is 0 Å². The number of urea groups is 1. The van der Waals surface area contributed by atoms with Crippen LogP contribution in [0.1, 0.15) is 48.1 Å². The van der Waals surface area contributed by atoms with Gasteiger partial charge in [0, 0.05) is 29.2 Å². The molecule has 0 bridgehead atoms. The highest BCUT2D eigenvalue weighted by Crippen LogP contribution is 2.46. The van der Waals surface area contributed by atoms with Crippen LogP contribution in [0.15, 0.2) is 18.2 Å². The van der Waals surface area contributed by atoms with Gasteiger partial charge in [0.25, 0.3) is 0 Å². The highest BCUT2D eigenvalue weighted by molar-refractivity contribution is 7.15. The van der Waals surface area contributed by atoms with Crippen LogP contribution in [-0.2, 0) is 4.74 Å². The number of primary amides is 1. The Labute approximate surface area is 166 Å². The molecule has 1 aromatic carbocycles. The van der Waals surface area contributed by atoms with E-state index >= 15 is 0 Å². The van der Waals surface area contributed by atoms with Gasteiger partial charge in [-0.2, -0.15) is 0 Å². The summed E-state index contributed by atoms with van der Waals surface area (Å²) in [7, 11) is 0. The van der Waals surface area contributed by atoms with Crippen molar-refractivity contribution in [1.82, 2.24) is 10.2 Å². The van der Waals surface area contributed by atoms with E-state index in [0.717, 1.165) is 46.7 Å². The molecule has 0 radical (unpaired) electrons. The predicted molar refractivity (Wildman–Crippen MR) is 104 cm³/mol. The standard InChI is InChI=1S/C9H8Cl2.C8H12N4O2S/c10-7-2-1-3-8(11)9(7)6-4-5-6;9-7(13)10-8-12-11-6(15-8)5-1-3-14-4-2-5/h1-3,6H,4-5H2;5H,1-4H2,(H3,9,10,12,13). The molecule has 0 unspecified atom stereocenters. The van der Waals surface area contributed by atoms with Gasteiger partial charge >= 0.3 is 6.03 Å². The maximum atomic E-state index is 10.6. The van der Waals surface area contributed by atoms with Crippen molar-refractivity contribution in [2.24, 2.45) is 5.73 Å². The molecule has 3 N–H and O–H groups in total. The van der Waals surface area contributed by atoms with Gasteiger partial charge in [-0.1, -0.05) is 40.6 Å². The molecule has 0 spiro atoms. The van der Waals surface area contributed by atoms with Gasteiger partial charge in [-0.25, -0.2) is 4.79 Å². The Kier molecular flexibility index (Phi) is 6.69. The highest BCUT2D eigenvalue weighted by atomic mass is 35.5. The first-order valence-electron chi connectivity index (χ1n) is 8.46. The quantitative estimate of drug-likeness (QED) is 0.754. The molecule has 2 amide bonds. The molecule has 1 saturated heterocycles. The molecule has 1 saturated carbocycles. The second-order valence-electron chi connectivity index (χ2n) is 6.23. The average molecular weight is 415 g/mol. The van der Waals surface area contributed by atoms with Crippen LogP contribution in [0.4, 0.5) is 9.93 Å². The lowest BCUT2D eigenvalue weighted by molar-refractivity contribution is 0.0851. The molecule has 0 atom stereocenters. The first-order chi connectivity index (χ1) is 12.5. The number of hydrogen-bond donors (Lipinski definition) is 2. The molecule has 26 heavy (non-hydrogen) atoms. The number of carbonyl (C=O) groups excluding carboxylic acids is 1. The van der Waals surface area contributed by atoms with E-state index in [1.54, 1.807) is 0 Å². The highest BCUT2D eigenvalue weighted by Gasteiger charge is 2.27. The Balaban J connectivity index is 0.000000158. The fourth-order valence-corrected chi connectivity index (χ4v) is 4.39. The van der Waals surface area contributed by atoms with E-state index in [1.807, 2.05) is 18.2 Å². The van der Waals surface area contributed by atoms with Crippen molar-refractivity contribution in [2.75, 3.05) is 18.5 Å². The number of nitrogens with two attached hydrogens (primary N) is 1. The van der Waals surface area contributed by atoms with Crippen molar-refractivity contribution in [3.05, 3.63) is 38.8 Å². The van der Waals surface area contributed by atoms with Crippen LogP contribution in [-0.4, -0.2) is 29.4 Å². The first-order valence-corrected chi connectivity index (χ1v) is 10.0. The third-order valence-electron chi connectivity index (χ3n) is 4.23. The lowest BCUT2D eigenvalue weighted by Gasteiger charge is -2.18. The van der Waals surface area contributed by atoms with E-state index < -0.39 is 6.03 Å². The van der Waals surface area contributed by atoms with Gasteiger partial charge in [0.15, 0.2) is 0 Å². The molecular weight excluding hydrogens is 395 g/mol. The summed E-state index contributed by atoms with van der Waals surface area (Å²) in [5.74, 6) is 1.04. The van der Waals surface area contributed by atoms with Crippen molar-refractivity contribution in [3.63, 3.8) is 0 Å². The minimum absolute atomic E-state index is 0.402. The molecule has 2 aromatic rings. The molecule has 1 aliphatic heterocycles. The summed E-state index contributed by atoms with van der Waals surface area (Å²) in [4.78, 5) is 10.6. The number of carbonyl (C=O) groups is 1. The Morgan fingerprint density at radius 1 is 1.12 bits per heavy atom. The molecule has 2 fully saturated rings. The topological polar surface area (TPSA) is 90.1 Å². The predicted octanol–water partition coefficient (Wildman–Crippen LogP) is 4.79. The number of anilines is 1. The second kappa shape index (κ2) is 8.99. The number of amides is 2. The molecule has 140 valence electrons. The third kappa shape index (κ3) is 5.30. The summed E-state index contributed by atoms with van der Waals surface area (Å²) >= 11 is 13.3. The number of hydrogen-bond acceptors (Lipinski definition) is 5. The van der Waals surface area contributed by atoms with Crippen molar-refractivity contribution < 1.29 is 9.53 Å². The Bertz CT molecular complexity index is 741. The van der Waals surface area contributed by atoms with Crippen LogP contribution in [0.5, 0.6) is 0 Å². The molecule has 9 heteroatoms. The van der Waals surface area contributed by atoms with Crippen LogP contribution in [0.25, 0.3) is 0 Å². The number of ether oxygens (including phenoxy) is 1. The zero-order valence-electron chi connectivity index (χ0n) is 14.1. The van der Waals surface area contributed by atoms with E-state index in [-0.39, 0.29) is 0 Å². The van der Waals surface area contributed by atoms with E-state index in [0.29, 0.717) is 17.0 Å². The van der Waals surface area contributed by atoms with Gasteiger partial charge in [0.2, 0.25) is 5.13 Å². The molecule has 1 aromatic heterocycles. The largest absolute Gasteiger partial charge is 0.381 e. The van der Waals surface area contributed by atoms with Crippen LogP contribution in [0, 0.1) is 0 Å². The molecule has 4 rings (SSSR count). The summed E-state index contributed by atoms with van der Waals surface area (Å²) in [5.41, 5.74) is 6.13. The van der Waals surface area contributed by atoms with Crippen LogP contribution in [0.3, 0.4) is 0 Å². The zero-order valence-corrected chi connectivity index (χ0v) is 16.4. The molecule has 2 aliphatic rings. The Hall–Kier alpha value is -1.41. The number of nitrogens with zero attached hydrogens (tertiary/aromatic N) is 2. The smallest absolute Gasteiger partial charge is 0.318 e. The number of benzene rings is 1. The van der Waals surface area contributed by atoms with Crippen molar-refractivity contribution >= 4 is 45.7 Å². The van der Waals surface area contributed by atoms with Gasteiger partial charge in [0.1, 0.15) is 5.01 Å². The first kappa shape index (κ1) is 19.4. The van der Waals surface area contributed by atoms with E-state index in [1.165, 1.54) is 24.2 Å². The number of rotatable bonds is 3. The van der Waals surface area contributed by atoms with Gasteiger partial charge in [-0.15, -0.1) is 10.2 Å². The second-order valence-corrected chi connectivity index (χ2v) is 8.05. The number of aromatic nitrogens is 2. The molecule has 6 nitrogen and oxygen atoms in total. The average Bonchev–Trinajstić information content (AvgIpc) is 3.34. The zero-order chi connectivity index (χ0) is 18.5. The Morgan fingerprint density at radius 2 is 1.77 bits per heavy atom. The molecule has 2 heterocycles. The maximum Gasteiger partial charge on any atom is 0.318 e. The molecular formula is C17H20Cl2N4O2S. The lowest BCUT2D eigenvalue weighted by Crippen LogP contribution is -2.19. The summed E-state index contributed by atoms with van der Waals surface area (Å²) in [6.45, 7) is 1.53. The Morgan fingerprint density at radius 3 is 2.35 bits per heavy atom. The van der Waals surface area contributed by atoms with Gasteiger partial charge in [0.05, 0.1) is 0 Å². The summed E-state index contributed by atoms with van der Waals surface area (Å²) in [6.07, 6.45) is 4.41. The minimum atomic E-state index is -0.607. The van der Waals surface area contributed by atoms with Crippen LogP contribution >= 0.6 is 34.5 Å². The normalized spacial score (nSPS) is 17.3. The minimum Gasteiger partial charge on any atom is -0.381 e.